The highest BCUT2D eigenvalue weighted by molar-refractivity contribution is 5.94. The molecule has 0 spiro atoms. The number of nitrogens with one attached hydrogen (secondary N) is 2. The molecule has 1 aromatic carbocycles. The van der Waals surface area contributed by atoms with Crippen molar-refractivity contribution in [3.63, 3.8) is 0 Å². The molecule has 1 unspecified atom stereocenters. The number of carbonyl (C=O) groups excluding carboxylic acids is 2. The van der Waals surface area contributed by atoms with Crippen LogP contribution in [0.2, 0.25) is 0 Å². The number of anilines is 1. The van der Waals surface area contributed by atoms with Crippen LogP contribution in [0.1, 0.15) is 36.9 Å². The summed E-state index contributed by atoms with van der Waals surface area (Å²) < 4.78 is 5.28. The number of ether oxygens (including phenoxy) is 1. The summed E-state index contributed by atoms with van der Waals surface area (Å²) in [5, 5.41) is 5.86. The molecule has 0 aliphatic heterocycles. The van der Waals surface area contributed by atoms with Crippen molar-refractivity contribution in [2.45, 2.75) is 32.2 Å². The molecule has 1 atom stereocenters. The average Bonchev–Trinajstić information content (AvgIpc) is 3.48. The zero-order valence-electron chi connectivity index (χ0n) is 15.0. The lowest BCUT2D eigenvalue weighted by atomic mass is 10.1. The standard InChI is InChI=1S/C20H23N3O3/c1-13(17-9-10-21-12-18(17)26-2)22-19(24)11-14-3-7-16(8-4-14)23-20(25)15-5-6-15/h3-4,7-10,12-13,15H,5-6,11H2,1-2H3,(H,22,24)(H,23,25). The van der Waals surface area contributed by atoms with E-state index in [4.69, 9.17) is 4.74 Å². The van der Waals surface area contributed by atoms with Crippen LogP contribution in [0.5, 0.6) is 5.75 Å². The third-order valence-corrected chi connectivity index (χ3v) is 4.41. The first-order valence-electron chi connectivity index (χ1n) is 8.74. The van der Waals surface area contributed by atoms with Gasteiger partial charge in [-0.1, -0.05) is 12.1 Å². The molecule has 1 fully saturated rings. The van der Waals surface area contributed by atoms with Crippen molar-refractivity contribution in [1.29, 1.82) is 0 Å². The van der Waals surface area contributed by atoms with Crippen molar-refractivity contribution in [1.82, 2.24) is 10.3 Å². The van der Waals surface area contributed by atoms with E-state index in [1.165, 1.54) is 0 Å². The van der Waals surface area contributed by atoms with Gasteiger partial charge >= 0.3 is 0 Å². The first kappa shape index (κ1) is 17.9. The average molecular weight is 353 g/mol. The van der Waals surface area contributed by atoms with Gasteiger partial charge in [-0.15, -0.1) is 0 Å². The normalized spacial score (nSPS) is 14.4. The number of nitrogens with zero attached hydrogens (tertiary/aromatic N) is 1. The Kier molecular flexibility index (Phi) is 5.51. The number of amides is 2. The first-order valence-corrected chi connectivity index (χ1v) is 8.74. The molecular formula is C20H23N3O3. The molecule has 6 nitrogen and oxygen atoms in total. The monoisotopic (exact) mass is 353 g/mol. The second-order valence-corrected chi connectivity index (χ2v) is 6.54. The lowest BCUT2D eigenvalue weighted by Gasteiger charge is -2.17. The van der Waals surface area contributed by atoms with Crippen LogP contribution in [0.15, 0.2) is 42.7 Å². The molecule has 0 bridgehead atoms. The maximum absolute atomic E-state index is 12.3. The molecule has 2 amide bonds. The van der Waals surface area contributed by atoms with E-state index in [9.17, 15) is 9.59 Å². The third kappa shape index (κ3) is 4.59. The first-order chi connectivity index (χ1) is 12.6. The smallest absolute Gasteiger partial charge is 0.227 e. The van der Waals surface area contributed by atoms with Crippen LogP contribution < -0.4 is 15.4 Å². The minimum Gasteiger partial charge on any atom is -0.495 e. The largest absolute Gasteiger partial charge is 0.495 e. The SMILES string of the molecule is COc1cnccc1C(C)NC(=O)Cc1ccc(NC(=O)C2CC2)cc1. The van der Waals surface area contributed by atoms with E-state index in [0.717, 1.165) is 29.7 Å². The molecule has 1 aromatic heterocycles. The van der Waals surface area contributed by atoms with E-state index >= 15 is 0 Å². The Morgan fingerprint density at radius 2 is 1.96 bits per heavy atom. The maximum atomic E-state index is 12.3. The minimum atomic E-state index is -0.183. The van der Waals surface area contributed by atoms with Crippen molar-refractivity contribution in [3.8, 4) is 5.75 Å². The van der Waals surface area contributed by atoms with Gasteiger partial charge in [-0.25, -0.2) is 0 Å². The summed E-state index contributed by atoms with van der Waals surface area (Å²) in [6, 6.07) is 9.04. The quantitative estimate of drug-likeness (QED) is 0.802. The molecule has 26 heavy (non-hydrogen) atoms. The second kappa shape index (κ2) is 7.99. The Bertz CT molecular complexity index is 785. The number of aromatic nitrogens is 1. The molecule has 1 saturated carbocycles. The Hall–Kier alpha value is -2.89. The van der Waals surface area contributed by atoms with Crippen molar-refractivity contribution < 1.29 is 14.3 Å². The van der Waals surface area contributed by atoms with Crippen LogP contribution in [0, 0.1) is 5.92 Å². The highest BCUT2D eigenvalue weighted by Crippen LogP contribution is 2.30. The molecule has 2 N–H and O–H groups in total. The summed E-state index contributed by atoms with van der Waals surface area (Å²) >= 11 is 0. The molecule has 6 heteroatoms. The number of methoxy groups -OCH3 is 1. The van der Waals surface area contributed by atoms with Gasteiger partial charge in [-0.2, -0.15) is 0 Å². The van der Waals surface area contributed by atoms with Gasteiger partial charge < -0.3 is 15.4 Å². The van der Waals surface area contributed by atoms with Gasteiger partial charge in [-0.05, 0) is 43.5 Å². The van der Waals surface area contributed by atoms with Crippen molar-refractivity contribution in [3.05, 3.63) is 53.9 Å². The highest BCUT2D eigenvalue weighted by Gasteiger charge is 2.29. The summed E-state index contributed by atoms with van der Waals surface area (Å²) in [6.07, 6.45) is 5.53. The van der Waals surface area contributed by atoms with Crippen LogP contribution in [0.3, 0.4) is 0 Å². The van der Waals surface area contributed by atoms with Gasteiger partial charge in [0.25, 0.3) is 0 Å². The van der Waals surface area contributed by atoms with Gasteiger partial charge in [-0.3, -0.25) is 14.6 Å². The fourth-order valence-electron chi connectivity index (χ4n) is 2.77. The molecule has 136 valence electrons. The molecule has 1 aliphatic rings. The van der Waals surface area contributed by atoms with E-state index < -0.39 is 0 Å². The number of carbonyl (C=O) groups is 2. The predicted molar refractivity (Wildman–Crippen MR) is 98.8 cm³/mol. The summed E-state index contributed by atoms with van der Waals surface area (Å²) in [4.78, 5) is 28.1. The molecule has 1 heterocycles. The number of pyridine rings is 1. The van der Waals surface area contributed by atoms with Crippen molar-refractivity contribution >= 4 is 17.5 Å². The molecule has 3 rings (SSSR count). The second-order valence-electron chi connectivity index (χ2n) is 6.54. The Labute approximate surface area is 153 Å². The van der Waals surface area contributed by atoms with E-state index in [1.54, 1.807) is 19.5 Å². The molecule has 0 saturated heterocycles. The van der Waals surface area contributed by atoms with E-state index in [2.05, 4.69) is 15.6 Å². The lowest BCUT2D eigenvalue weighted by molar-refractivity contribution is -0.121. The Morgan fingerprint density at radius 1 is 1.23 bits per heavy atom. The third-order valence-electron chi connectivity index (χ3n) is 4.41. The van der Waals surface area contributed by atoms with Gasteiger partial charge in [0.2, 0.25) is 11.8 Å². The fraction of sp³-hybridized carbons (Fsp3) is 0.350. The number of rotatable bonds is 7. The van der Waals surface area contributed by atoms with E-state index in [1.807, 2.05) is 37.3 Å². The molecule has 1 aliphatic carbocycles. The fourth-order valence-corrected chi connectivity index (χ4v) is 2.77. The topological polar surface area (TPSA) is 80.3 Å². The van der Waals surface area contributed by atoms with Gasteiger partial charge in [0.05, 0.1) is 25.8 Å². The van der Waals surface area contributed by atoms with E-state index in [-0.39, 0.29) is 30.2 Å². The van der Waals surface area contributed by atoms with Crippen LogP contribution >= 0.6 is 0 Å². The zero-order chi connectivity index (χ0) is 18.5. The van der Waals surface area contributed by atoms with Crippen LogP contribution in [0.4, 0.5) is 5.69 Å². The molecular weight excluding hydrogens is 330 g/mol. The minimum absolute atomic E-state index is 0.0777. The maximum Gasteiger partial charge on any atom is 0.227 e. The molecule has 2 aromatic rings. The van der Waals surface area contributed by atoms with Gasteiger partial charge in [0.15, 0.2) is 0 Å². The number of hydrogen-bond acceptors (Lipinski definition) is 4. The Morgan fingerprint density at radius 3 is 2.62 bits per heavy atom. The highest BCUT2D eigenvalue weighted by atomic mass is 16.5. The summed E-state index contributed by atoms with van der Waals surface area (Å²) in [7, 11) is 1.58. The zero-order valence-corrected chi connectivity index (χ0v) is 15.0. The summed E-state index contributed by atoms with van der Waals surface area (Å²) in [5.74, 6) is 0.824. The number of benzene rings is 1. The van der Waals surface area contributed by atoms with Crippen molar-refractivity contribution in [2.75, 3.05) is 12.4 Å². The summed E-state index contributed by atoms with van der Waals surface area (Å²) in [5.41, 5.74) is 2.54. The van der Waals surface area contributed by atoms with Crippen LogP contribution in [0.25, 0.3) is 0 Å². The lowest BCUT2D eigenvalue weighted by Crippen LogP contribution is -2.28. The van der Waals surface area contributed by atoms with E-state index in [0.29, 0.717) is 5.75 Å². The van der Waals surface area contributed by atoms with Crippen LogP contribution in [-0.2, 0) is 16.0 Å². The number of hydrogen-bond donors (Lipinski definition) is 2. The Balaban J connectivity index is 1.54. The predicted octanol–water partition coefficient (Wildman–Crippen LogP) is 2.86. The van der Waals surface area contributed by atoms with Gasteiger partial charge in [0.1, 0.15) is 5.75 Å². The van der Waals surface area contributed by atoms with Crippen molar-refractivity contribution in [2.24, 2.45) is 5.92 Å². The summed E-state index contributed by atoms with van der Waals surface area (Å²) in [6.45, 7) is 1.91. The molecule has 0 radical (unpaired) electrons. The van der Waals surface area contributed by atoms with Gasteiger partial charge in [0, 0.05) is 23.4 Å². The van der Waals surface area contributed by atoms with Crippen LogP contribution in [-0.4, -0.2) is 23.9 Å².